The van der Waals surface area contributed by atoms with E-state index in [0.717, 1.165) is 34.1 Å². The van der Waals surface area contributed by atoms with Crippen molar-refractivity contribution in [3.8, 4) is 22.3 Å². The van der Waals surface area contributed by atoms with E-state index >= 15 is 0 Å². The number of rotatable bonds is 7. The number of fused-ring (bicyclic) bond motifs is 16. The third-order valence-electron chi connectivity index (χ3n) is 19.3. The molecule has 0 aliphatic heterocycles. The molecule has 2 heteroatoms. The Morgan fingerprint density at radius 1 is 0.226 bits per heavy atom. The molecule has 2 aliphatic carbocycles. The molecule has 0 fully saturated rings. The summed E-state index contributed by atoms with van der Waals surface area (Å²) < 4.78 is 0. The summed E-state index contributed by atoms with van der Waals surface area (Å²) in [6.45, 7) is 15.4. The molecule has 14 aromatic rings. The summed E-state index contributed by atoms with van der Waals surface area (Å²) in [4.78, 5) is 5.09. The van der Waals surface area contributed by atoms with Crippen molar-refractivity contribution < 1.29 is 0 Å². The Balaban J connectivity index is 1.13. The molecule has 402 valence electrons. The number of nitrogens with zero attached hydrogens (tertiary/aromatic N) is 2. The fourth-order valence-corrected chi connectivity index (χ4v) is 16.4. The molecule has 0 bridgehead atoms. The second-order valence-electron chi connectivity index (χ2n) is 25.6. The lowest BCUT2D eigenvalue weighted by atomic mass is 9.39. The van der Waals surface area contributed by atoms with Gasteiger partial charge in [-0.3, -0.25) is 0 Å². The largest absolute Gasteiger partial charge is 0.310 e. The van der Waals surface area contributed by atoms with Gasteiger partial charge in [-0.05, 0) is 170 Å². The SMILES string of the molecule is CC(C)(C)C1(C2(C(C)(C)C)c3ccc4ccccc4c3-c3c2cc(N(c2ccccc2)c2ccc4ccccc4c2)c2ccccc32)c2ccc3ccccc3c2-c2c1cc(N(c1ccccc1)c1ccc3ccccc3c1)c1ccccc21. The summed E-state index contributed by atoms with van der Waals surface area (Å²) in [6.07, 6.45) is 0. The lowest BCUT2D eigenvalue weighted by Crippen LogP contribution is -2.62. The Bertz CT molecular complexity index is 4690. The smallest absolute Gasteiger partial charge is 0.0543 e. The van der Waals surface area contributed by atoms with Gasteiger partial charge >= 0.3 is 0 Å². The van der Waals surface area contributed by atoms with Crippen LogP contribution < -0.4 is 9.80 Å². The minimum atomic E-state index is -0.764. The van der Waals surface area contributed by atoms with E-state index in [0.29, 0.717) is 0 Å². The summed E-state index contributed by atoms with van der Waals surface area (Å²) in [5.74, 6) is 0. The van der Waals surface area contributed by atoms with Gasteiger partial charge < -0.3 is 9.80 Å². The van der Waals surface area contributed by atoms with Crippen LogP contribution in [0.1, 0.15) is 63.8 Å². The van der Waals surface area contributed by atoms with Gasteiger partial charge in [-0.1, -0.05) is 260 Å². The molecular weight excluding hydrogens is 1010 g/mol. The second-order valence-corrected chi connectivity index (χ2v) is 25.6. The van der Waals surface area contributed by atoms with E-state index in [1.165, 1.54) is 109 Å². The Labute approximate surface area is 492 Å². The van der Waals surface area contributed by atoms with Crippen LogP contribution in [0.4, 0.5) is 34.1 Å². The molecule has 0 N–H and O–H groups in total. The minimum Gasteiger partial charge on any atom is -0.310 e. The van der Waals surface area contributed by atoms with Crippen molar-refractivity contribution in [3.05, 3.63) is 301 Å². The van der Waals surface area contributed by atoms with Crippen molar-refractivity contribution in [1.82, 2.24) is 0 Å². The number of hydrogen-bond donors (Lipinski definition) is 0. The first kappa shape index (κ1) is 50.0. The summed E-state index contributed by atoms with van der Waals surface area (Å²) in [7, 11) is 0. The topological polar surface area (TPSA) is 6.48 Å². The zero-order chi connectivity index (χ0) is 56.7. The molecule has 0 saturated heterocycles. The van der Waals surface area contributed by atoms with Gasteiger partial charge in [0.25, 0.3) is 0 Å². The maximum Gasteiger partial charge on any atom is 0.0543 e. The molecule has 0 spiro atoms. The summed E-state index contributed by atoms with van der Waals surface area (Å²) in [6, 6.07) is 106. The number of anilines is 6. The number of benzene rings is 14. The second kappa shape index (κ2) is 18.4. The highest BCUT2D eigenvalue weighted by molar-refractivity contribution is 6.19. The molecule has 84 heavy (non-hydrogen) atoms. The third kappa shape index (κ3) is 6.86. The minimum absolute atomic E-state index is 0.462. The normalized spacial score (nSPS) is 16.3. The Morgan fingerprint density at radius 3 is 0.905 bits per heavy atom. The van der Waals surface area contributed by atoms with E-state index in [-0.39, 0.29) is 0 Å². The first-order valence-electron chi connectivity index (χ1n) is 29.8. The zero-order valence-corrected chi connectivity index (χ0v) is 48.5. The van der Waals surface area contributed by atoms with Crippen LogP contribution in [0, 0.1) is 10.8 Å². The lowest BCUT2D eigenvalue weighted by Gasteiger charge is -2.62. The number of hydrogen-bond acceptors (Lipinski definition) is 2. The van der Waals surface area contributed by atoms with Crippen molar-refractivity contribution in [1.29, 1.82) is 0 Å². The van der Waals surface area contributed by atoms with Gasteiger partial charge in [0.1, 0.15) is 0 Å². The van der Waals surface area contributed by atoms with E-state index in [9.17, 15) is 0 Å². The quantitative estimate of drug-likeness (QED) is 0.157. The van der Waals surface area contributed by atoms with Gasteiger partial charge in [-0.2, -0.15) is 0 Å². The molecule has 0 saturated carbocycles. The first-order valence-corrected chi connectivity index (χ1v) is 29.8. The van der Waals surface area contributed by atoms with Gasteiger partial charge in [0.05, 0.1) is 11.4 Å². The fraction of sp³-hybridized carbons (Fsp3) is 0.122. The van der Waals surface area contributed by atoms with Crippen molar-refractivity contribution >= 4 is 98.8 Å². The van der Waals surface area contributed by atoms with E-state index in [4.69, 9.17) is 0 Å². The third-order valence-corrected chi connectivity index (χ3v) is 19.3. The van der Waals surface area contributed by atoms with Gasteiger partial charge in [0.15, 0.2) is 0 Å². The van der Waals surface area contributed by atoms with Crippen molar-refractivity contribution in [2.24, 2.45) is 10.8 Å². The van der Waals surface area contributed by atoms with E-state index in [1.807, 2.05) is 0 Å². The molecule has 2 nitrogen and oxygen atoms in total. The zero-order valence-electron chi connectivity index (χ0n) is 48.5. The van der Waals surface area contributed by atoms with Crippen LogP contribution in [-0.2, 0) is 10.8 Å². The van der Waals surface area contributed by atoms with Crippen LogP contribution in [0.15, 0.2) is 279 Å². The highest BCUT2D eigenvalue weighted by Gasteiger charge is 2.71. The van der Waals surface area contributed by atoms with E-state index in [1.54, 1.807) is 0 Å². The standard InChI is InChI=1S/C82H64N2/c1-79(2,3)81(69-47-43-55-27-17-19-35-63(55)75(69)77-67-39-23-21-37-65(67)73(51-71(77)81)83(59-31-9-7-10-32-59)61-45-41-53-25-13-15-29-57(53)49-61)82(80(4,5)6)70-48-44-56-28-18-20-36-64(56)76(70)78-68-40-24-22-38-66(68)74(52-72(78)82)84(60-33-11-8-12-34-60)62-46-42-54-26-14-16-30-58(54)50-62/h7-52H,1-6H3. The summed E-state index contributed by atoms with van der Waals surface area (Å²) >= 11 is 0. The first-order chi connectivity index (χ1) is 41.0. The number of para-hydroxylation sites is 2. The Morgan fingerprint density at radius 2 is 0.524 bits per heavy atom. The molecule has 0 aromatic heterocycles. The Kier molecular flexibility index (Phi) is 10.9. The van der Waals surface area contributed by atoms with Crippen LogP contribution in [0.5, 0.6) is 0 Å². The van der Waals surface area contributed by atoms with Crippen LogP contribution in [0.3, 0.4) is 0 Å². The average molecular weight is 1080 g/mol. The average Bonchev–Trinajstić information content (AvgIpc) is 1.62. The van der Waals surface area contributed by atoms with Crippen molar-refractivity contribution in [2.45, 2.75) is 52.4 Å². The van der Waals surface area contributed by atoms with Crippen LogP contribution >= 0.6 is 0 Å². The van der Waals surface area contributed by atoms with E-state index in [2.05, 4.69) is 330 Å². The predicted octanol–water partition coefficient (Wildman–Crippen LogP) is 22.9. The van der Waals surface area contributed by atoms with E-state index < -0.39 is 21.7 Å². The van der Waals surface area contributed by atoms with Gasteiger partial charge in [-0.25, -0.2) is 0 Å². The Hall–Kier alpha value is -9.76. The molecule has 2 aliphatic rings. The molecule has 0 radical (unpaired) electrons. The molecule has 2 unspecified atom stereocenters. The highest BCUT2D eigenvalue weighted by atomic mass is 15.2. The van der Waals surface area contributed by atoms with Crippen LogP contribution in [0.25, 0.3) is 86.9 Å². The lowest BCUT2D eigenvalue weighted by molar-refractivity contribution is 0.0596. The predicted molar refractivity (Wildman–Crippen MR) is 359 cm³/mol. The maximum absolute atomic E-state index is 2.68. The fourth-order valence-electron chi connectivity index (χ4n) is 16.4. The monoisotopic (exact) mass is 1080 g/mol. The molecule has 2 atom stereocenters. The summed E-state index contributed by atoms with van der Waals surface area (Å²) in [5, 5.41) is 14.8. The molecule has 0 amide bonds. The maximum atomic E-state index is 2.68. The van der Waals surface area contributed by atoms with Crippen molar-refractivity contribution in [3.63, 3.8) is 0 Å². The molecular formula is C82H64N2. The van der Waals surface area contributed by atoms with Crippen molar-refractivity contribution in [2.75, 3.05) is 9.80 Å². The molecule has 16 rings (SSSR count). The van der Waals surface area contributed by atoms with Gasteiger partial charge in [0.2, 0.25) is 0 Å². The van der Waals surface area contributed by atoms with Gasteiger partial charge in [0, 0.05) is 44.4 Å². The van der Waals surface area contributed by atoms with Crippen LogP contribution in [-0.4, -0.2) is 0 Å². The summed E-state index contributed by atoms with van der Waals surface area (Å²) in [5.41, 5.74) is 15.1. The molecule has 0 heterocycles. The van der Waals surface area contributed by atoms with Gasteiger partial charge in [-0.15, -0.1) is 0 Å². The molecule has 14 aromatic carbocycles. The highest BCUT2D eigenvalue weighted by Crippen LogP contribution is 2.77. The van der Waals surface area contributed by atoms with Crippen LogP contribution in [0.2, 0.25) is 0 Å².